The number of nitrogens with zero attached hydrogens (tertiary/aromatic N) is 3. The Morgan fingerprint density at radius 3 is 3.06 bits per heavy atom. The Bertz CT molecular complexity index is 414. The van der Waals surface area contributed by atoms with Gasteiger partial charge < -0.3 is 10.5 Å². The summed E-state index contributed by atoms with van der Waals surface area (Å²) < 4.78 is 7.33. The smallest absolute Gasteiger partial charge is 0.127 e. The van der Waals surface area contributed by atoms with Crippen LogP contribution in [0, 0.1) is 12.3 Å². The molecule has 1 aromatic rings. The fourth-order valence-corrected chi connectivity index (χ4v) is 2.08. The number of amidine groups is 1. The summed E-state index contributed by atoms with van der Waals surface area (Å²) in [4.78, 5) is 2.24. The third-order valence-electron chi connectivity index (χ3n) is 2.98. The van der Waals surface area contributed by atoms with Crippen molar-refractivity contribution in [3.05, 3.63) is 17.5 Å². The van der Waals surface area contributed by atoms with Gasteiger partial charge in [-0.3, -0.25) is 15.0 Å². The molecule has 1 aliphatic heterocycles. The predicted molar refractivity (Wildman–Crippen MR) is 64.9 cm³/mol. The second kappa shape index (κ2) is 4.85. The number of nitrogens with two attached hydrogens (primary N) is 1. The maximum Gasteiger partial charge on any atom is 0.127 e. The summed E-state index contributed by atoms with van der Waals surface area (Å²) in [6, 6.07) is 2.08. The maximum atomic E-state index is 7.41. The molecule has 1 atom stereocenters. The van der Waals surface area contributed by atoms with Crippen molar-refractivity contribution in [3.63, 3.8) is 0 Å². The molecule has 1 aliphatic rings. The molecule has 6 heteroatoms. The van der Waals surface area contributed by atoms with Gasteiger partial charge in [-0.1, -0.05) is 0 Å². The minimum atomic E-state index is -0.266. The van der Waals surface area contributed by atoms with Gasteiger partial charge in [-0.15, -0.1) is 0 Å². The van der Waals surface area contributed by atoms with Crippen LogP contribution in [-0.2, 0) is 18.3 Å². The number of morpholine rings is 1. The van der Waals surface area contributed by atoms with Crippen molar-refractivity contribution in [2.24, 2.45) is 12.8 Å². The monoisotopic (exact) mass is 237 g/mol. The van der Waals surface area contributed by atoms with E-state index in [4.69, 9.17) is 15.9 Å². The topological polar surface area (TPSA) is 80.2 Å². The van der Waals surface area contributed by atoms with Crippen LogP contribution in [0.4, 0.5) is 0 Å². The average Bonchev–Trinajstić information content (AvgIpc) is 2.58. The Hall–Kier alpha value is -1.40. The normalized spacial score (nSPS) is 21.6. The van der Waals surface area contributed by atoms with E-state index in [-0.39, 0.29) is 11.9 Å². The van der Waals surface area contributed by atoms with E-state index in [1.807, 2.05) is 18.7 Å². The van der Waals surface area contributed by atoms with Crippen molar-refractivity contribution in [3.8, 4) is 0 Å². The second-order valence-electron chi connectivity index (χ2n) is 4.45. The SMILES string of the molecule is Cc1cc(CN2CCOC(C(=N)N)C2)n(C)n1. The average molecular weight is 237 g/mol. The summed E-state index contributed by atoms with van der Waals surface area (Å²) in [5.74, 6) is 0.107. The minimum absolute atomic E-state index is 0.107. The molecule has 0 saturated carbocycles. The van der Waals surface area contributed by atoms with Crippen LogP contribution in [0.3, 0.4) is 0 Å². The van der Waals surface area contributed by atoms with Crippen molar-refractivity contribution < 1.29 is 4.74 Å². The maximum absolute atomic E-state index is 7.41. The quantitative estimate of drug-likeness (QED) is 0.566. The highest BCUT2D eigenvalue weighted by Crippen LogP contribution is 2.11. The molecule has 6 nitrogen and oxygen atoms in total. The van der Waals surface area contributed by atoms with E-state index in [0.29, 0.717) is 13.2 Å². The Morgan fingerprint density at radius 2 is 2.47 bits per heavy atom. The zero-order valence-corrected chi connectivity index (χ0v) is 10.3. The third kappa shape index (κ3) is 2.83. The molecule has 2 heterocycles. The molecule has 1 unspecified atom stereocenters. The van der Waals surface area contributed by atoms with Crippen LogP contribution >= 0.6 is 0 Å². The summed E-state index contributed by atoms with van der Waals surface area (Å²) in [6.45, 7) is 4.99. The fourth-order valence-electron chi connectivity index (χ4n) is 2.08. The van der Waals surface area contributed by atoms with E-state index in [0.717, 1.165) is 18.8 Å². The number of nitrogens with one attached hydrogen (secondary N) is 1. The lowest BCUT2D eigenvalue weighted by Gasteiger charge is -2.32. The van der Waals surface area contributed by atoms with Crippen LogP contribution in [0.25, 0.3) is 0 Å². The van der Waals surface area contributed by atoms with E-state index >= 15 is 0 Å². The van der Waals surface area contributed by atoms with Crippen molar-refractivity contribution in [2.45, 2.75) is 19.6 Å². The number of hydrogen-bond donors (Lipinski definition) is 2. The van der Waals surface area contributed by atoms with Gasteiger partial charge >= 0.3 is 0 Å². The van der Waals surface area contributed by atoms with Crippen LogP contribution in [0.5, 0.6) is 0 Å². The van der Waals surface area contributed by atoms with Crippen LogP contribution in [0.15, 0.2) is 6.07 Å². The van der Waals surface area contributed by atoms with Gasteiger partial charge in [-0.05, 0) is 13.0 Å². The molecule has 0 aliphatic carbocycles. The molecule has 1 fully saturated rings. The largest absolute Gasteiger partial charge is 0.385 e. The Kier molecular flexibility index (Phi) is 3.44. The molecule has 2 rings (SSSR count). The number of ether oxygens (including phenoxy) is 1. The molecular formula is C11H19N5O. The highest BCUT2D eigenvalue weighted by atomic mass is 16.5. The van der Waals surface area contributed by atoms with Gasteiger partial charge in [0.15, 0.2) is 0 Å². The molecule has 0 amide bonds. The van der Waals surface area contributed by atoms with Crippen LogP contribution < -0.4 is 5.73 Å². The number of rotatable bonds is 3. The van der Waals surface area contributed by atoms with Crippen LogP contribution in [0.2, 0.25) is 0 Å². The zero-order chi connectivity index (χ0) is 12.4. The van der Waals surface area contributed by atoms with Gasteiger partial charge in [0.1, 0.15) is 11.9 Å². The molecule has 0 aromatic carbocycles. The van der Waals surface area contributed by atoms with Gasteiger partial charge in [0.2, 0.25) is 0 Å². The van der Waals surface area contributed by atoms with E-state index in [1.165, 1.54) is 5.69 Å². The Balaban J connectivity index is 1.99. The summed E-state index contributed by atoms with van der Waals surface area (Å²) in [6.07, 6.45) is -0.266. The number of hydrogen-bond acceptors (Lipinski definition) is 4. The van der Waals surface area contributed by atoms with Crippen molar-refractivity contribution >= 4 is 5.84 Å². The summed E-state index contributed by atoms with van der Waals surface area (Å²) in [7, 11) is 1.95. The molecule has 0 bridgehead atoms. The molecule has 1 aromatic heterocycles. The minimum Gasteiger partial charge on any atom is -0.385 e. The Morgan fingerprint density at radius 1 is 1.71 bits per heavy atom. The van der Waals surface area contributed by atoms with Crippen molar-refractivity contribution in [1.29, 1.82) is 5.41 Å². The highest BCUT2D eigenvalue weighted by Gasteiger charge is 2.23. The fraction of sp³-hybridized carbons (Fsp3) is 0.636. The lowest BCUT2D eigenvalue weighted by molar-refractivity contribution is 0.00153. The van der Waals surface area contributed by atoms with Crippen LogP contribution in [0.1, 0.15) is 11.4 Å². The molecule has 1 saturated heterocycles. The standard InChI is InChI=1S/C11H19N5O/c1-8-5-9(15(2)14-8)6-16-3-4-17-10(7-16)11(12)13/h5,10H,3-4,6-7H2,1-2H3,(H3,12,13). The summed E-state index contributed by atoms with van der Waals surface area (Å²) in [5.41, 5.74) is 7.67. The zero-order valence-electron chi connectivity index (χ0n) is 10.3. The first-order valence-electron chi connectivity index (χ1n) is 5.73. The summed E-state index contributed by atoms with van der Waals surface area (Å²) >= 11 is 0. The van der Waals surface area contributed by atoms with E-state index in [9.17, 15) is 0 Å². The van der Waals surface area contributed by atoms with E-state index < -0.39 is 0 Å². The van der Waals surface area contributed by atoms with Gasteiger partial charge in [0.05, 0.1) is 18.0 Å². The molecule has 94 valence electrons. The predicted octanol–water partition coefficient (Wildman–Crippen LogP) is -0.135. The van der Waals surface area contributed by atoms with Gasteiger partial charge in [0, 0.05) is 26.7 Å². The number of aromatic nitrogens is 2. The first-order valence-corrected chi connectivity index (χ1v) is 5.73. The van der Waals surface area contributed by atoms with Crippen molar-refractivity contribution in [1.82, 2.24) is 14.7 Å². The van der Waals surface area contributed by atoms with Crippen LogP contribution in [-0.4, -0.2) is 46.3 Å². The van der Waals surface area contributed by atoms with Gasteiger partial charge in [-0.2, -0.15) is 5.10 Å². The highest BCUT2D eigenvalue weighted by molar-refractivity contribution is 5.82. The third-order valence-corrected chi connectivity index (χ3v) is 2.98. The molecule has 17 heavy (non-hydrogen) atoms. The molecular weight excluding hydrogens is 218 g/mol. The lowest BCUT2D eigenvalue weighted by Crippen LogP contribution is -2.47. The Labute approximate surface area is 101 Å². The molecule has 3 N–H and O–H groups in total. The number of aryl methyl sites for hydroxylation is 2. The van der Waals surface area contributed by atoms with E-state index in [1.54, 1.807) is 0 Å². The summed E-state index contributed by atoms with van der Waals surface area (Å²) in [5, 5.41) is 11.7. The molecule has 0 radical (unpaired) electrons. The first-order chi connectivity index (χ1) is 8.06. The molecule has 0 spiro atoms. The first kappa shape index (κ1) is 12.1. The van der Waals surface area contributed by atoms with Gasteiger partial charge in [0.25, 0.3) is 0 Å². The van der Waals surface area contributed by atoms with Crippen molar-refractivity contribution in [2.75, 3.05) is 19.7 Å². The van der Waals surface area contributed by atoms with Gasteiger partial charge in [-0.25, -0.2) is 0 Å². The second-order valence-corrected chi connectivity index (χ2v) is 4.45. The lowest BCUT2D eigenvalue weighted by atomic mass is 10.2. The van der Waals surface area contributed by atoms with E-state index in [2.05, 4.69) is 16.1 Å².